The van der Waals surface area contributed by atoms with Gasteiger partial charge in [-0.1, -0.05) is 20.4 Å². The van der Waals surface area contributed by atoms with E-state index < -0.39 is 93.0 Å². The maximum atomic E-state index is 13.9. The van der Waals surface area contributed by atoms with E-state index in [9.17, 15) is 49.0 Å². The molecule has 0 radical (unpaired) electrons. The third kappa shape index (κ3) is 14.7. The molecule has 21 nitrogen and oxygen atoms in total. The lowest BCUT2D eigenvalue weighted by atomic mass is 10.0. The summed E-state index contributed by atoms with van der Waals surface area (Å²) in [6, 6.07) is -6.81. The van der Waals surface area contributed by atoms with Crippen molar-refractivity contribution in [2.75, 3.05) is 26.4 Å². The molecule has 0 saturated carbocycles. The molecule has 0 spiro atoms. The lowest BCUT2D eigenvalue weighted by Gasteiger charge is -2.30. The Bertz CT molecular complexity index is 1490. The fourth-order valence-electron chi connectivity index (χ4n) is 5.87. The van der Waals surface area contributed by atoms with Gasteiger partial charge in [-0.25, -0.2) is 9.55 Å². The largest absolute Gasteiger partial charge is 0.469 e. The number of carbonyl (C=O) groups excluding carboxylic acids is 5. The number of nitrogens with one attached hydrogen (secondary N) is 4. The Balaban J connectivity index is 2.38. The highest BCUT2D eigenvalue weighted by Crippen LogP contribution is 2.38. The van der Waals surface area contributed by atoms with Crippen molar-refractivity contribution in [3.63, 3.8) is 0 Å². The Hall–Kier alpha value is -3.95. The zero-order valence-corrected chi connectivity index (χ0v) is 31.6. The Morgan fingerprint density at radius 3 is 2.20 bits per heavy atom. The summed E-state index contributed by atoms with van der Waals surface area (Å²) in [6.07, 6.45) is 1.60. The standard InChI is InChI=1S/C32H55N8O13P/c1-18(2)12-23(36-32(49)26-6-5-9-40(26)19(3)8-11-41)29(46)35-24(13-21-14-34-17-39(21)10-7-22(44)15-42)30(47)37-25(16-43)31(48)38-27(28(33)45)20(4)53-54(50,51)52/h14,17-18,20,22-27,41-44H,3,5-13,15-16H2,1-2,4H3,(H2,33,45)(H,35,46)(H,36,49)(H,37,47)(H,38,48)(H2,50,51,52)/t20-,22+,23+,24+,25+,26+,27+/m1/s1. The van der Waals surface area contributed by atoms with Crippen LogP contribution in [-0.4, -0.2) is 143 Å². The summed E-state index contributed by atoms with van der Waals surface area (Å²) in [4.78, 5) is 90.5. The normalized spacial score (nSPS) is 17.9. The number of phosphoric acid groups is 1. The van der Waals surface area contributed by atoms with Crippen LogP contribution in [0.15, 0.2) is 24.8 Å². The van der Waals surface area contributed by atoms with Crippen molar-refractivity contribution >= 4 is 37.4 Å². The third-order valence-corrected chi connectivity index (χ3v) is 9.26. The van der Waals surface area contributed by atoms with Crippen LogP contribution in [0.1, 0.15) is 58.6 Å². The fraction of sp³-hybridized carbons (Fsp3) is 0.688. The summed E-state index contributed by atoms with van der Waals surface area (Å²) in [7, 11) is -5.12. The molecule has 22 heteroatoms. The van der Waals surface area contributed by atoms with E-state index in [0.29, 0.717) is 30.8 Å². The molecule has 2 rings (SSSR count). The van der Waals surface area contributed by atoms with Crippen molar-refractivity contribution < 1.29 is 63.3 Å². The minimum Gasteiger partial charge on any atom is -0.396 e. The number of likely N-dealkylation sites (tertiary alicyclic amines) is 1. The van der Waals surface area contributed by atoms with E-state index >= 15 is 0 Å². The number of primary amides is 1. The summed E-state index contributed by atoms with van der Waals surface area (Å²) in [5.74, 6) is -4.72. The Morgan fingerprint density at radius 2 is 1.63 bits per heavy atom. The maximum Gasteiger partial charge on any atom is 0.469 e. The van der Waals surface area contributed by atoms with Gasteiger partial charge in [-0.15, -0.1) is 0 Å². The summed E-state index contributed by atoms with van der Waals surface area (Å²) in [5.41, 5.74) is 6.26. The predicted molar refractivity (Wildman–Crippen MR) is 190 cm³/mol. The molecule has 1 saturated heterocycles. The van der Waals surface area contributed by atoms with E-state index in [1.807, 2.05) is 13.8 Å². The van der Waals surface area contributed by atoms with Gasteiger partial charge in [0.1, 0.15) is 30.2 Å². The molecule has 54 heavy (non-hydrogen) atoms. The van der Waals surface area contributed by atoms with Crippen molar-refractivity contribution in [2.24, 2.45) is 11.7 Å². The van der Waals surface area contributed by atoms with Gasteiger partial charge in [0.15, 0.2) is 0 Å². The quantitative estimate of drug-likeness (QED) is 0.0453. The van der Waals surface area contributed by atoms with Crippen molar-refractivity contribution in [3.05, 3.63) is 30.5 Å². The molecule has 0 aromatic carbocycles. The van der Waals surface area contributed by atoms with Crippen molar-refractivity contribution in [2.45, 2.75) is 108 Å². The number of amides is 5. The number of aryl methyl sites for hydroxylation is 1. The summed E-state index contributed by atoms with van der Waals surface area (Å²) >= 11 is 0. The van der Waals surface area contributed by atoms with E-state index in [2.05, 4.69) is 37.4 Å². The highest BCUT2D eigenvalue weighted by atomic mass is 31.2. The van der Waals surface area contributed by atoms with Crippen molar-refractivity contribution in [1.29, 1.82) is 0 Å². The van der Waals surface area contributed by atoms with E-state index in [-0.39, 0.29) is 44.8 Å². The van der Waals surface area contributed by atoms with E-state index in [1.165, 1.54) is 12.5 Å². The van der Waals surface area contributed by atoms with Crippen LogP contribution < -0.4 is 27.0 Å². The number of carbonyl (C=O) groups is 5. The average molecular weight is 791 g/mol. The summed E-state index contributed by atoms with van der Waals surface area (Å²) in [6.45, 7) is 7.71. The highest BCUT2D eigenvalue weighted by molar-refractivity contribution is 7.46. The zero-order valence-electron chi connectivity index (χ0n) is 30.7. The monoisotopic (exact) mass is 790 g/mol. The first-order valence-corrected chi connectivity index (χ1v) is 19.0. The van der Waals surface area contributed by atoms with Gasteiger partial charge in [0.05, 0.1) is 31.7 Å². The molecule has 5 amide bonds. The second-order valence-electron chi connectivity index (χ2n) is 13.5. The van der Waals surface area contributed by atoms with E-state index in [0.717, 1.165) is 6.92 Å². The molecular weight excluding hydrogens is 735 g/mol. The van der Waals surface area contributed by atoms with Crippen LogP contribution >= 0.6 is 7.82 Å². The van der Waals surface area contributed by atoms with Gasteiger partial charge in [-0.3, -0.25) is 28.5 Å². The van der Waals surface area contributed by atoms with E-state index in [4.69, 9.17) is 15.5 Å². The number of aliphatic hydroxyl groups excluding tert-OH is 4. The van der Waals surface area contributed by atoms with Gasteiger partial charge in [-0.2, -0.15) is 0 Å². The molecule has 0 bridgehead atoms. The lowest BCUT2D eigenvalue weighted by Crippen LogP contribution is -2.61. The fourth-order valence-corrected chi connectivity index (χ4v) is 6.42. The number of rotatable bonds is 24. The lowest BCUT2D eigenvalue weighted by molar-refractivity contribution is -0.136. The number of hydrogen-bond acceptors (Lipinski definition) is 13. The molecule has 0 unspecified atom stereocenters. The molecule has 1 fully saturated rings. The van der Waals surface area contributed by atoms with Gasteiger partial charge in [0.25, 0.3) is 0 Å². The first kappa shape index (κ1) is 46.2. The highest BCUT2D eigenvalue weighted by Gasteiger charge is 2.37. The SMILES string of the molecule is C=C(CCO)N1CCC[C@H]1C(=O)N[C@@H](CC(C)C)C(=O)N[C@@H](Cc1cncn1CC[C@H](O)CO)C(=O)N[C@@H](CO)C(=O)N[C@H](C(N)=O)[C@@H](C)OP(=O)(O)O. The Morgan fingerprint density at radius 1 is 1.00 bits per heavy atom. The molecular formula is C32H55N8O13P. The Labute approximate surface area is 312 Å². The number of nitrogens with zero attached hydrogens (tertiary/aromatic N) is 3. The summed E-state index contributed by atoms with van der Waals surface area (Å²) < 4.78 is 17.3. The average Bonchev–Trinajstić information content (AvgIpc) is 3.76. The van der Waals surface area contributed by atoms with Crippen LogP contribution in [-0.2, 0) is 46.0 Å². The van der Waals surface area contributed by atoms with Crippen molar-refractivity contribution in [3.8, 4) is 0 Å². The number of aromatic nitrogens is 2. The molecule has 12 N–H and O–H groups in total. The number of imidazole rings is 1. The minimum absolute atomic E-state index is 0.102. The number of nitrogens with two attached hydrogens (primary N) is 1. The second kappa shape index (κ2) is 21.8. The minimum atomic E-state index is -5.12. The number of phosphoric ester groups is 1. The van der Waals surface area contributed by atoms with E-state index in [1.54, 1.807) is 9.47 Å². The van der Waals surface area contributed by atoms with Gasteiger partial charge in [-0.05, 0) is 38.5 Å². The maximum absolute atomic E-state index is 13.9. The van der Waals surface area contributed by atoms with Crippen LogP contribution in [0.4, 0.5) is 0 Å². The van der Waals surface area contributed by atoms with Gasteiger partial charge in [0.2, 0.25) is 29.5 Å². The van der Waals surface area contributed by atoms with Gasteiger partial charge < -0.3 is 66.7 Å². The molecule has 1 aliphatic rings. The molecule has 2 heterocycles. The molecule has 7 atom stereocenters. The topological polar surface area (TPSA) is 328 Å². The Kier molecular flexibility index (Phi) is 18.7. The predicted octanol–water partition coefficient (Wildman–Crippen LogP) is -3.51. The number of aliphatic hydroxyl groups is 4. The molecule has 1 aromatic heterocycles. The molecule has 306 valence electrons. The summed E-state index contributed by atoms with van der Waals surface area (Å²) in [5, 5.41) is 48.3. The third-order valence-electron chi connectivity index (χ3n) is 8.65. The van der Waals surface area contributed by atoms with Crippen LogP contribution in [0.5, 0.6) is 0 Å². The smallest absolute Gasteiger partial charge is 0.396 e. The van der Waals surface area contributed by atoms with Crippen molar-refractivity contribution in [1.82, 2.24) is 35.7 Å². The number of hydrogen-bond donors (Lipinski definition) is 11. The molecule has 1 aliphatic heterocycles. The van der Waals surface area contributed by atoms with Crippen LogP contribution in [0.2, 0.25) is 0 Å². The van der Waals surface area contributed by atoms with Crippen LogP contribution in [0.3, 0.4) is 0 Å². The first-order valence-electron chi connectivity index (χ1n) is 17.5. The zero-order chi connectivity index (χ0) is 40.7. The van der Waals surface area contributed by atoms with Gasteiger partial charge >= 0.3 is 7.82 Å². The molecule has 0 aliphatic carbocycles. The van der Waals surface area contributed by atoms with Crippen LogP contribution in [0.25, 0.3) is 0 Å². The van der Waals surface area contributed by atoms with Crippen LogP contribution in [0, 0.1) is 5.92 Å². The second-order valence-corrected chi connectivity index (χ2v) is 14.7. The van der Waals surface area contributed by atoms with Gasteiger partial charge in [0, 0.05) is 50.1 Å². The molecule has 1 aromatic rings. The first-order chi connectivity index (χ1) is 25.3.